The summed E-state index contributed by atoms with van der Waals surface area (Å²) in [5.74, 6) is 0. The molecule has 5 heteroatoms. The molecule has 0 saturated heterocycles. The summed E-state index contributed by atoms with van der Waals surface area (Å²) in [4.78, 5) is 0. The van der Waals surface area contributed by atoms with E-state index in [1.807, 2.05) is 0 Å². The van der Waals surface area contributed by atoms with Gasteiger partial charge in [0.05, 0.1) is 2.74 Å². The number of nitrogens with zero attached hydrogens (tertiary/aromatic N) is 2. The van der Waals surface area contributed by atoms with Crippen LogP contribution in [-0.2, 0) is 0 Å². The zero-order valence-corrected chi connectivity index (χ0v) is 5.36. The molecule has 1 rings (SSSR count). The molecule has 0 aliphatic carbocycles. The normalized spacial score (nSPS) is 13.2. The minimum absolute atomic E-state index is 0.343. The van der Waals surface area contributed by atoms with Crippen molar-refractivity contribution in [2.24, 2.45) is 0 Å². The van der Waals surface area contributed by atoms with Crippen LogP contribution in [0.5, 0.6) is 0 Å². The highest BCUT2D eigenvalue weighted by Crippen LogP contribution is 2.15. The van der Waals surface area contributed by atoms with Gasteiger partial charge >= 0.3 is 0 Å². The van der Waals surface area contributed by atoms with Crippen LogP contribution in [0.4, 0.5) is 8.78 Å². The second kappa shape index (κ2) is 2.88. The fourth-order valence-corrected chi connectivity index (χ4v) is 0.447. The Balaban J connectivity index is 3.27. The quantitative estimate of drug-likeness (QED) is 0.638. The van der Waals surface area contributed by atoms with Crippen molar-refractivity contribution >= 4 is 11.6 Å². The van der Waals surface area contributed by atoms with Crippen molar-refractivity contribution in [3.8, 4) is 0 Å². The lowest BCUT2D eigenvalue weighted by Gasteiger charge is -1.94. The SMILES string of the molecule is [2H]c1c(Cl)nnc(C(F)F)c1[2H]. The number of hydrogen-bond donors (Lipinski definition) is 0. The van der Waals surface area contributed by atoms with Crippen LogP contribution in [0.3, 0.4) is 0 Å². The van der Waals surface area contributed by atoms with Crippen molar-refractivity contribution in [2.45, 2.75) is 6.43 Å². The van der Waals surface area contributed by atoms with Gasteiger partial charge in [0.15, 0.2) is 5.15 Å². The fourth-order valence-electron chi connectivity index (χ4n) is 0.362. The average molecular weight is 167 g/mol. The Hall–Kier alpha value is -0.770. The van der Waals surface area contributed by atoms with Gasteiger partial charge in [-0.3, -0.25) is 0 Å². The van der Waals surface area contributed by atoms with E-state index in [-0.39, 0.29) is 5.15 Å². The number of alkyl halides is 2. The molecule has 0 bridgehead atoms. The highest BCUT2D eigenvalue weighted by molar-refractivity contribution is 6.29. The summed E-state index contributed by atoms with van der Waals surface area (Å²) in [6.07, 6.45) is -2.90. The van der Waals surface area contributed by atoms with E-state index in [0.29, 0.717) is 0 Å². The molecule has 0 amide bonds. The Bertz CT molecular complexity index is 308. The first-order chi connectivity index (χ1) is 5.54. The Morgan fingerprint density at radius 2 is 2.20 bits per heavy atom. The van der Waals surface area contributed by atoms with Crippen LogP contribution < -0.4 is 0 Å². The molecule has 0 saturated carbocycles. The van der Waals surface area contributed by atoms with Crippen LogP contribution >= 0.6 is 11.6 Å². The Morgan fingerprint density at radius 1 is 1.50 bits per heavy atom. The highest BCUT2D eigenvalue weighted by Gasteiger charge is 2.07. The van der Waals surface area contributed by atoms with Crippen molar-refractivity contribution in [3.63, 3.8) is 0 Å². The predicted molar refractivity (Wildman–Crippen MR) is 32.0 cm³/mol. The molecule has 0 aliphatic heterocycles. The van der Waals surface area contributed by atoms with Crippen molar-refractivity contribution in [1.82, 2.24) is 10.2 Å². The maximum Gasteiger partial charge on any atom is 0.282 e. The van der Waals surface area contributed by atoms with Gasteiger partial charge in [0.2, 0.25) is 0 Å². The Labute approximate surface area is 63.6 Å². The topological polar surface area (TPSA) is 25.8 Å². The van der Waals surface area contributed by atoms with E-state index in [1.54, 1.807) is 0 Å². The summed E-state index contributed by atoms with van der Waals surface area (Å²) in [5, 5.41) is 5.74. The molecule has 0 aromatic carbocycles. The fraction of sp³-hybridized carbons (Fsp3) is 0.200. The zero-order chi connectivity index (χ0) is 9.30. The van der Waals surface area contributed by atoms with Gasteiger partial charge < -0.3 is 0 Å². The molecule has 0 atom stereocenters. The lowest BCUT2D eigenvalue weighted by atomic mass is 10.4. The standard InChI is InChI=1S/C5H3ClF2N2/c6-4-2-1-3(5(7)8)9-10-4/h1-2,5H/i1D,2D. The van der Waals surface area contributed by atoms with E-state index in [2.05, 4.69) is 10.2 Å². The highest BCUT2D eigenvalue weighted by atomic mass is 35.5. The predicted octanol–water partition coefficient (Wildman–Crippen LogP) is 2.07. The van der Waals surface area contributed by atoms with Gasteiger partial charge in [-0.25, -0.2) is 8.78 Å². The van der Waals surface area contributed by atoms with Crippen molar-refractivity contribution in [1.29, 1.82) is 0 Å². The second-order valence-corrected chi connectivity index (χ2v) is 1.78. The molecular formula is C5H3ClF2N2. The van der Waals surface area contributed by atoms with Gasteiger partial charge in [-0.2, -0.15) is 0 Å². The maximum absolute atomic E-state index is 12.0. The van der Waals surface area contributed by atoms with Crippen molar-refractivity contribution in [2.75, 3.05) is 0 Å². The first-order valence-corrected chi connectivity index (χ1v) is 2.69. The van der Waals surface area contributed by atoms with E-state index < -0.39 is 24.2 Å². The van der Waals surface area contributed by atoms with Gasteiger partial charge in [-0.1, -0.05) is 11.6 Å². The minimum atomic E-state index is -2.90. The van der Waals surface area contributed by atoms with E-state index in [4.69, 9.17) is 14.3 Å². The van der Waals surface area contributed by atoms with Crippen LogP contribution in [0.15, 0.2) is 12.1 Å². The molecule has 0 unspecified atom stereocenters. The van der Waals surface area contributed by atoms with Gasteiger partial charge in [-0.15, -0.1) is 10.2 Å². The van der Waals surface area contributed by atoms with Crippen LogP contribution in [0, 0.1) is 0 Å². The van der Waals surface area contributed by atoms with Gasteiger partial charge in [0.25, 0.3) is 6.43 Å². The van der Waals surface area contributed by atoms with E-state index in [9.17, 15) is 8.78 Å². The molecule has 1 aromatic rings. The summed E-state index contributed by atoms with van der Waals surface area (Å²) in [6, 6.07) is -1.20. The lowest BCUT2D eigenvalue weighted by Crippen LogP contribution is -1.91. The minimum Gasteiger partial charge on any atom is -0.203 e. The first-order valence-electron chi connectivity index (χ1n) is 3.31. The molecule has 0 fully saturated rings. The Kier molecular flexibility index (Phi) is 1.43. The lowest BCUT2D eigenvalue weighted by molar-refractivity contribution is 0.145. The monoisotopic (exact) mass is 166 g/mol. The summed E-state index contributed by atoms with van der Waals surface area (Å²) < 4.78 is 38.0. The van der Waals surface area contributed by atoms with Gasteiger partial charge in [-0.05, 0) is 12.1 Å². The number of hydrogen-bond acceptors (Lipinski definition) is 2. The summed E-state index contributed by atoms with van der Waals surface area (Å²) in [7, 11) is 0. The molecule has 0 aliphatic rings. The molecule has 0 spiro atoms. The summed E-state index contributed by atoms with van der Waals surface area (Å²) >= 11 is 5.26. The molecule has 0 N–H and O–H groups in total. The third-order valence-electron chi connectivity index (χ3n) is 0.746. The third kappa shape index (κ3) is 1.60. The molecular weight excluding hydrogens is 162 g/mol. The smallest absolute Gasteiger partial charge is 0.203 e. The molecule has 0 radical (unpaired) electrons. The van der Waals surface area contributed by atoms with Crippen LogP contribution in [0.1, 0.15) is 14.9 Å². The van der Waals surface area contributed by atoms with Crippen LogP contribution in [0.2, 0.25) is 5.15 Å². The van der Waals surface area contributed by atoms with Gasteiger partial charge in [0, 0.05) is 0 Å². The summed E-state index contributed by atoms with van der Waals surface area (Å²) in [6.45, 7) is 0. The first kappa shape index (κ1) is 4.96. The van der Waals surface area contributed by atoms with Crippen molar-refractivity contribution in [3.05, 3.63) is 22.9 Å². The number of rotatable bonds is 1. The maximum atomic E-state index is 12.0. The van der Waals surface area contributed by atoms with E-state index in [0.717, 1.165) is 0 Å². The Morgan fingerprint density at radius 3 is 2.80 bits per heavy atom. The molecule has 54 valence electrons. The largest absolute Gasteiger partial charge is 0.282 e. The van der Waals surface area contributed by atoms with Crippen LogP contribution in [-0.4, -0.2) is 10.2 Å². The number of aromatic nitrogens is 2. The van der Waals surface area contributed by atoms with Gasteiger partial charge in [0.1, 0.15) is 5.69 Å². The summed E-state index contributed by atoms with van der Waals surface area (Å²) in [5.41, 5.74) is -0.815. The zero-order valence-electron chi connectivity index (χ0n) is 6.61. The molecule has 2 nitrogen and oxygen atoms in total. The van der Waals surface area contributed by atoms with E-state index in [1.165, 1.54) is 0 Å². The molecule has 1 heterocycles. The van der Waals surface area contributed by atoms with E-state index >= 15 is 0 Å². The number of halogens is 3. The average Bonchev–Trinajstić information content (AvgIpc) is 2.00. The third-order valence-corrected chi connectivity index (χ3v) is 0.916. The second-order valence-electron chi connectivity index (χ2n) is 1.43. The molecule has 10 heavy (non-hydrogen) atoms. The molecule has 1 aromatic heterocycles. The van der Waals surface area contributed by atoms with Crippen LogP contribution in [0.25, 0.3) is 0 Å². The van der Waals surface area contributed by atoms with Crippen molar-refractivity contribution < 1.29 is 11.5 Å².